The summed E-state index contributed by atoms with van der Waals surface area (Å²) < 4.78 is 16.2. The van der Waals surface area contributed by atoms with Crippen molar-refractivity contribution in [3.8, 4) is 0 Å². The molecule has 6 rings (SSSR count). The molecular formula is C36H32Cl6N6O8. The molecule has 20 heteroatoms. The van der Waals surface area contributed by atoms with Crippen LogP contribution in [0.1, 0.15) is 34.5 Å². The van der Waals surface area contributed by atoms with Crippen LogP contribution in [-0.4, -0.2) is 39.7 Å². The fraction of sp³-hybridized carbons (Fsp3) is 0.167. The van der Waals surface area contributed by atoms with Crippen LogP contribution in [0.5, 0.6) is 0 Å². The first-order chi connectivity index (χ1) is 26.7. The van der Waals surface area contributed by atoms with Gasteiger partial charge in [0.05, 0.1) is 39.0 Å². The predicted molar refractivity (Wildman–Crippen MR) is 213 cm³/mol. The molecule has 0 fully saturated rings. The average Bonchev–Trinajstić information content (AvgIpc) is 3.85. The largest absolute Gasteiger partial charge is 0.367 e. The Balaban J connectivity index is 0.000000252. The molecule has 2 heterocycles. The second kappa shape index (κ2) is 24.1. The van der Waals surface area contributed by atoms with Gasteiger partial charge in [-0.3, -0.25) is 0 Å². The first-order valence-electron chi connectivity index (χ1n) is 15.9. The summed E-state index contributed by atoms with van der Waals surface area (Å²) in [4.78, 5) is 24.9. The van der Waals surface area contributed by atoms with Crippen molar-refractivity contribution >= 4 is 69.6 Å². The highest BCUT2D eigenvalue weighted by Crippen LogP contribution is 2.32. The molecule has 4 aromatic carbocycles. The molecule has 0 saturated carbocycles. The average molecular weight is 889 g/mol. The van der Waals surface area contributed by atoms with Gasteiger partial charge in [0, 0.05) is 66.1 Å². The Morgan fingerprint density at radius 2 is 0.893 bits per heavy atom. The number of ether oxygens (including phenoxy) is 2. The fourth-order valence-corrected chi connectivity index (χ4v) is 6.05. The maximum Gasteiger partial charge on any atom is 0.291 e. The summed E-state index contributed by atoms with van der Waals surface area (Å²) >= 11 is 36.6. The Labute approximate surface area is 350 Å². The van der Waals surface area contributed by atoms with Crippen molar-refractivity contribution in [3.63, 3.8) is 0 Å². The number of benzene rings is 4. The molecule has 14 nitrogen and oxygen atoms in total. The van der Waals surface area contributed by atoms with E-state index < -0.39 is 10.2 Å². The Kier molecular flexibility index (Phi) is 19.7. The standard InChI is InChI=1S/2C18H15Cl3N2O.2HNO3/c2*19-14-3-1-13(2-4-14)11-24-18(10-23-8-7-22-12-23)16-6-5-15(20)9-17(16)21;2*2-1(3)4/h2*1-9,12,18H,10-11H2;2*(H,2,3,4). The second-order valence-electron chi connectivity index (χ2n) is 11.2. The molecule has 0 aliphatic heterocycles. The highest BCUT2D eigenvalue weighted by molar-refractivity contribution is 6.35. The van der Waals surface area contributed by atoms with E-state index in [1.807, 2.05) is 94.3 Å². The third-order valence-electron chi connectivity index (χ3n) is 7.22. The maximum atomic E-state index is 8.36. The zero-order chi connectivity index (χ0) is 41.0. The molecular weight excluding hydrogens is 857 g/mol. The molecule has 2 aromatic heterocycles. The van der Waals surface area contributed by atoms with Crippen LogP contribution in [0.4, 0.5) is 0 Å². The Morgan fingerprint density at radius 3 is 1.18 bits per heavy atom. The molecule has 0 aliphatic carbocycles. The van der Waals surface area contributed by atoms with Crippen LogP contribution >= 0.6 is 69.6 Å². The van der Waals surface area contributed by atoms with E-state index in [0.717, 1.165) is 22.3 Å². The molecule has 6 aromatic rings. The number of hydrogen-bond donors (Lipinski definition) is 2. The van der Waals surface area contributed by atoms with Gasteiger partial charge in [-0.15, -0.1) is 20.2 Å². The molecule has 0 aliphatic rings. The van der Waals surface area contributed by atoms with Crippen molar-refractivity contribution in [1.82, 2.24) is 19.1 Å². The van der Waals surface area contributed by atoms with Crippen molar-refractivity contribution in [3.05, 3.63) is 195 Å². The van der Waals surface area contributed by atoms with Crippen LogP contribution in [0.15, 0.2) is 122 Å². The smallest absolute Gasteiger partial charge is 0.291 e. The second-order valence-corrected chi connectivity index (χ2v) is 13.7. The summed E-state index contributed by atoms with van der Waals surface area (Å²) in [5.41, 5.74) is 3.87. The quantitative estimate of drug-likeness (QED) is 0.0886. The zero-order valence-electron chi connectivity index (χ0n) is 28.8. The SMILES string of the molecule is Clc1ccc(COC(Cn2ccnc2)c2ccc(Cl)cc2Cl)cc1.Clc1ccc(COC(Cn2ccnc2)c2ccc(Cl)cc2Cl)cc1.O=[N+]([O-])O.O=[N+]([O-])O. The molecule has 296 valence electrons. The van der Waals surface area contributed by atoms with E-state index in [9.17, 15) is 0 Å². The number of nitrogens with zero attached hydrogens (tertiary/aromatic N) is 6. The third kappa shape index (κ3) is 17.4. The van der Waals surface area contributed by atoms with Gasteiger partial charge < -0.3 is 29.0 Å². The summed E-state index contributed by atoms with van der Waals surface area (Å²) in [7, 11) is 0. The monoisotopic (exact) mass is 886 g/mol. The van der Waals surface area contributed by atoms with Crippen molar-refractivity contribution in [2.24, 2.45) is 0 Å². The summed E-state index contributed by atoms with van der Waals surface area (Å²) in [6, 6.07) is 26.0. The van der Waals surface area contributed by atoms with Gasteiger partial charge in [0.15, 0.2) is 0 Å². The summed E-state index contributed by atoms with van der Waals surface area (Å²) in [6.45, 7) is 2.12. The number of halogens is 6. The molecule has 2 unspecified atom stereocenters. The molecule has 2 N–H and O–H groups in total. The maximum absolute atomic E-state index is 8.36. The van der Waals surface area contributed by atoms with Crippen LogP contribution in [-0.2, 0) is 35.8 Å². The minimum Gasteiger partial charge on any atom is -0.367 e. The molecule has 0 radical (unpaired) electrons. The van der Waals surface area contributed by atoms with E-state index in [1.165, 1.54) is 0 Å². The Morgan fingerprint density at radius 1 is 0.571 bits per heavy atom. The fourth-order valence-electron chi connectivity index (χ4n) is 4.73. The van der Waals surface area contributed by atoms with E-state index in [-0.39, 0.29) is 12.2 Å². The lowest BCUT2D eigenvalue weighted by atomic mass is 10.1. The van der Waals surface area contributed by atoms with Gasteiger partial charge in [-0.05, 0) is 59.7 Å². The van der Waals surface area contributed by atoms with Crippen LogP contribution in [0.2, 0.25) is 30.1 Å². The van der Waals surface area contributed by atoms with Crippen molar-refractivity contribution in [1.29, 1.82) is 0 Å². The molecule has 56 heavy (non-hydrogen) atoms. The van der Waals surface area contributed by atoms with E-state index in [4.69, 9.17) is 110 Å². The normalized spacial score (nSPS) is 11.4. The molecule has 0 amide bonds. The van der Waals surface area contributed by atoms with Crippen molar-refractivity contribution in [2.75, 3.05) is 0 Å². The van der Waals surface area contributed by atoms with E-state index in [2.05, 4.69) is 9.97 Å². The lowest BCUT2D eigenvalue weighted by molar-refractivity contribution is -0.742. The zero-order valence-corrected chi connectivity index (χ0v) is 33.4. The lowest BCUT2D eigenvalue weighted by Gasteiger charge is -2.20. The van der Waals surface area contributed by atoms with E-state index >= 15 is 0 Å². The van der Waals surface area contributed by atoms with Crippen molar-refractivity contribution < 1.29 is 30.1 Å². The lowest BCUT2D eigenvalue weighted by Crippen LogP contribution is -2.12. The Bertz CT molecular complexity index is 1920. The first-order valence-corrected chi connectivity index (χ1v) is 18.2. The van der Waals surface area contributed by atoms with Crippen molar-refractivity contribution in [2.45, 2.75) is 38.5 Å². The van der Waals surface area contributed by atoms with Crippen LogP contribution < -0.4 is 0 Å². The molecule has 0 saturated heterocycles. The van der Waals surface area contributed by atoms with Crippen LogP contribution in [0.3, 0.4) is 0 Å². The van der Waals surface area contributed by atoms with Gasteiger partial charge in [0.1, 0.15) is 12.2 Å². The number of imidazole rings is 2. The number of hydrogen-bond acceptors (Lipinski definition) is 8. The van der Waals surface area contributed by atoms with E-state index in [1.54, 1.807) is 37.2 Å². The van der Waals surface area contributed by atoms with Gasteiger partial charge in [-0.25, -0.2) is 9.97 Å². The first kappa shape index (κ1) is 45.7. The number of rotatable bonds is 12. The van der Waals surface area contributed by atoms with Gasteiger partial charge in [-0.2, -0.15) is 0 Å². The van der Waals surface area contributed by atoms with Gasteiger partial charge in [-0.1, -0.05) is 106 Å². The minimum atomic E-state index is -1.50. The third-order valence-corrected chi connectivity index (χ3v) is 8.85. The van der Waals surface area contributed by atoms with Crippen LogP contribution in [0, 0.1) is 20.2 Å². The number of aromatic nitrogens is 4. The van der Waals surface area contributed by atoms with Crippen LogP contribution in [0.25, 0.3) is 0 Å². The summed E-state index contributed by atoms with van der Waals surface area (Å²) in [5.74, 6) is 0. The predicted octanol–water partition coefficient (Wildman–Crippen LogP) is 10.9. The minimum absolute atomic E-state index is 0.223. The van der Waals surface area contributed by atoms with Gasteiger partial charge in [0.2, 0.25) is 0 Å². The molecule has 0 bridgehead atoms. The van der Waals surface area contributed by atoms with Gasteiger partial charge in [0.25, 0.3) is 10.2 Å². The summed E-state index contributed by atoms with van der Waals surface area (Å²) in [5, 5.41) is 31.1. The molecule has 2 atom stereocenters. The molecule has 0 spiro atoms. The Hall–Kier alpha value is -4.64. The van der Waals surface area contributed by atoms with Gasteiger partial charge >= 0.3 is 0 Å². The highest BCUT2D eigenvalue weighted by Gasteiger charge is 2.18. The topological polar surface area (TPSA) is 181 Å². The highest BCUT2D eigenvalue weighted by atomic mass is 35.5. The van der Waals surface area contributed by atoms with E-state index in [0.29, 0.717) is 56.4 Å². The summed E-state index contributed by atoms with van der Waals surface area (Å²) in [6.07, 6.45) is 10.3.